The van der Waals surface area contributed by atoms with Crippen molar-refractivity contribution in [3.05, 3.63) is 29.8 Å². The molecule has 0 radical (unpaired) electrons. The first-order valence-corrected chi connectivity index (χ1v) is 5.60. The molecule has 3 nitrogen and oxygen atoms in total. The van der Waals surface area contributed by atoms with Crippen LogP contribution in [0.3, 0.4) is 0 Å². The predicted molar refractivity (Wildman–Crippen MR) is 60.3 cm³/mol. The second-order valence-corrected chi connectivity index (χ2v) is 4.06. The van der Waals surface area contributed by atoms with Crippen LogP contribution in [-0.2, 0) is 9.53 Å². The van der Waals surface area contributed by atoms with Crippen LogP contribution in [0.4, 0.5) is 0 Å². The molecule has 0 N–H and O–H groups in total. The van der Waals surface area contributed by atoms with Crippen molar-refractivity contribution in [1.29, 1.82) is 0 Å². The van der Waals surface area contributed by atoms with Gasteiger partial charge in [-0.2, -0.15) is 0 Å². The first-order chi connectivity index (χ1) is 7.70. The van der Waals surface area contributed by atoms with E-state index >= 15 is 0 Å². The molecule has 1 saturated carbocycles. The molecule has 86 valence electrons. The molecule has 0 heterocycles. The van der Waals surface area contributed by atoms with Gasteiger partial charge in [0.05, 0.1) is 12.5 Å². The summed E-state index contributed by atoms with van der Waals surface area (Å²) < 4.78 is 10.6. The summed E-state index contributed by atoms with van der Waals surface area (Å²) in [5.41, 5.74) is 1.20. The zero-order chi connectivity index (χ0) is 11.5. The van der Waals surface area contributed by atoms with Gasteiger partial charge in [0.25, 0.3) is 0 Å². The fourth-order valence-electron chi connectivity index (χ4n) is 1.59. The van der Waals surface area contributed by atoms with Crippen LogP contribution in [0.25, 0.3) is 0 Å². The molecule has 2 rings (SSSR count). The number of aryl methyl sites for hydroxylation is 1. The molecule has 16 heavy (non-hydrogen) atoms. The Balaban J connectivity index is 1.85. The highest BCUT2D eigenvalue weighted by molar-refractivity contribution is 5.76. The van der Waals surface area contributed by atoms with E-state index in [1.54, 1.807) is 0 Å². The Bertz CT molecular complexity index is 369. The lowest BCUT2D eigenvalue weighted by Crippen LogP contribution is -2.12. The number of carbonyl (C=O) groups excluding carboxylic acids is 1. The molecular weight excluding hydrogens is 204 g/mol. The Morgan fingerprint density at radius 1 is 1.38 bits per heavy atom. The van der Waals surface area contributed by atoms with Gasteiger partial charge in [-0.05, 0) is 26.0 Å². The predicted octanol–water partition coefficient (Wildman–Crippen LogP) is 2.33. The summed E-state index contributed by atoms with van der Waals surface area (Å²) in [7, 11) is 0. The molecule has 3 heteroatoms. The minimum atomic E-state index is -0.139. The van der Waals surface area contributed by atoms with Gasteiger partial charge in [0.15, 0.2) is 0 Å². The van der Waals surface area contributed by atoms with Crippen molar-refractivity contribution in [1.82, 2.24) is 0 Å². The van der Waals surface area contributed by atoms with E-state index in [-0.39, 0.29) is 18.0 Å². The summed E-state index contributed by atoms with van der Waals surface area (Å²) in [5.74, 6) is 0.614. The van der Waals surface area contributed by atoms with Crippen molar-refractivity contribution in [3.8, 4) is 5.75 Å². The van der Waals surface area contributed by atoms with E-state index in [0.717, 1.165) is 12.2 Å². The Hall–Kier alpha value is -1.51. The number of hydrogen-bond donors (Lipinski definition) is 0. The minimum Gasteiger partial charge on any atom is -0.490 e. The van der Waals surface area contributed by atoms with Crippen LogP contribution in [0.1, 0.15) is 18.9 Å². The van der Waals surface area contributed by atoms with Gasteiger partial charge in [-0.25, -0.2) is 0 Å². The average Bonchev–Trinajstić information content (AvgIpc) is 3.01. The molecule has 1 aliphatic carbocycles. The molecule has 0 aliphatic heterocycles. The topological polar surface area (TPSA) is 35.5 Å². The summed E-state index contributed by atoms with van der Waals surface area (Å²) >= 11 is 0. The number of ether oxygens (including phenoxy) is 2. The van der Waals surface area contributed by atoms with Crippen LogP contribution in [0.15, 0.2) is 24.3 Å². The van der Waals surface area contributed by atoms with E-state index in [9.17, 15) is 4.79 Å². The largest absolute Gasteiger partial charge is 0.490 e. The highest BCUT2D eigenvalue weighted by Crippen LogP contribution is 2.35. The maximum absolute atomic E-state index is 11.4. The van der Waals surface area contributed by atoms with Crippen molar-refractivity contribution < 1.29 is 14.3 Å². The standard InChI is InChI=1S/C13H16O3/c1-3-15-13(14)11-8-12(11)16-10-6-4-9(2)5-7-10/h4-7,11-12H,3,8H2,1-2H3. The summed E-state index contributed by atoms with van der Waals surface area (Å²) in [6.07, 6.45) is 0.772. The fourth-order valence-corrected chi connectivity index (χ4v) is 1.59. The van der Waals surface area contributed by atoms with Crippen LogP contribution in [0.5, 0.6) is 5.75 Å². The van der Waals surface area contributed by atoms with Gasteiger partial charge in [0, 0.05) is 6.42 Å². The molecule has 1 aliphatic rings. The van der Waals surface area contributed by atoms with Gasteiger partial charge >= 0.3 is 5.97 Å². The zero-order valence-corrected chi connectivity index (χ0v) is 9.60. The summed E-state index contributed by atoms with van der Waals surface area (Å²) in [5, 5.41) is 0. The Morgan fingerprint density at radius 3 is 2.69 bits per heavy atom. The van der Waals surface area contributed by atoms with Crippen LogP contribution < -0.4 is 4.74 Å². The van der Waals surface area contributed by atoms with E-state index in [2.05, 4.69) is 0 Å². The lowest BCUT2D eigenvalue weighted by Gasteiger charge is -2.05. The Kier molecular flexibility index (Phi) is 3.13. The fraction of sp³-hybridized carbons (Fsp3) is 0.462. The SMILES string of the molecule is CCOC(=O)C1CC1Oc1ccc(C)cc1. The van der Waals surface area contributed by atoms with Crippen molar-refractivity contribution >= 4 is 5.97 Å². The summed E-state index contributed by atoms with van der Waals surface area (Å²) in [4.78, 5) is 11.4. The quantitative estimate of drug-likeness (QED) is 0.730. The van der Waals surface area contributed by atoms with Gasteiger partial charge in [-0.15, -0.1) is 0 Å². The molecule has 2 atom stereocenters. The first kappa shape index (κ1) is 11.0. The number of carbonyl (C=O) groups is 1. The number of esters is 1. The van der Waals surface area contributed by atoms with Crippen molar-refractivity contribution in [3.63, 3.8) is 0 Å². The molecule has 0 bridgehead atoms. The molecule has 1 aromatic carbocycles. The maximum atomic E-state index is 11.4. The third kappa shape index (κ3) is 2.54. The monoisotopic (exact) mass is 220 g/mol. The van der Waals surface area contributed by atoms with Gasteiger partial charge in [0.2, 0.25) is 0 Å². The second-order valence-electron chi connectivity index (χ2n) is 4.06. The van der Waals surface area contributed by atoms with Crippen LogP contribution >= 0.6 is 0 Å². The van der Waals surface area contributed by atoms with Crippen LogP contribution in [0, 0.1) is 12.8 Å². The molecule has 2 unspecified atom stereocenters. The van der Waals surface area contributed by atoms with Gasteiger partial charge in [-0.1, -0.05) is 17.7 Å². The highest BCUT2D eigenvalue weighted by Gasteiger charge is 2.46. The van der Waals surface area contributed by atoms with E-state index < -0.39 is 0 Å². The average molecular weight is 220 g/mol. The van der Waals surface area contributed by atoms with E-state index in [4.69, 9.17) is 9.47 Å². The third-order valence-electron chi connectivity index (χ3n) is 2.63. The van der Waals surface area contributed by atoms with Crippen molar-refractivity contribution in [2.75, 3.05) is 6.61 Å². The van der Waals surface area contributed by atoms with Crippen LogP contribution in [0.2, 0.25) is 0 Å². The molecule has 0 spiro atoms. The van der Waals surface area contributed by atoms with E-state index in [1.165, 1.54) is 5.56 Å². The summed E-state index contributed by atoms with van der Waals surface area (Å²) in [6, 6.07) is 7.85. The highest BCUT2D eigenvalue weighted by atomic mass is 16.5. The minimum absolute atomic E-state index is 0.00163. The van der Waals surface area contributed by atoms with E-state index in [0.29, 0.717) is 6.61 Å². The lowest BCUT2D eigenvalue weighted by molar-refractivity contribution is -0.145. The lowest BCUT2D eigenvalue weighted by atomic mass is 10.2. The molecular formula is C13H16O3. The number of hydrogen-bond acceptors (Lipinski definition) is 3. The zero-order valence-electron chi connectivity index (χ0n) is 9.60. The van der Waals surface area contributed by atoms with Gasteiger partial charge in [0.1, 0.15) is 11.9 Å². The normalized spacial score (nSPS) is 22.6. The Labute approximate surface area is 95.4 Å². The van der Waals surface area contributed by atoms with Crippen molar-refractivity contribution in [2.24, 2.45) is 5.92 Å². The van der Waals surface area contributed by atoms with Crippen LogP contribution in [-0.4, -0.2) is 18.7 Å². The third-order valence-corrected chi connectivity index (χ3v) is 2.63. The van der Waals surface area contributed by atoms with Gasteiger partial charge in [-0.3, -0.25) is 4.79 Å². The van der Waals surface area contributed by atoms with Gasteiger partial charge < -0.3 is 9.47 Å². The van der Waals surface area contributed by atoms with Crippen molar-refractivity contribution in [2.45, 2.75) is 26.4 Å². The summed E-state index contributed by atoms with van der Waals surface area (Å²) in [6.45, 7) is 4.28. The smallest absolute Gasteiger partial charge is 0.312 e. The molecule has 0 saturated heterocycles. The number of rotatable bonds is 4. The maximum Gasteiger partial charge on any atom is 0.312 e. The molecule has 0 aromatic heterocycles. The first-order valence-electron chi connectivity index (χ1n) is 5.60. The second kappa shape index (κ2) is 4.56. The Morgan fingerprint density at radius 2 is 2.06 bits per heavy atom. The number of benzene rings is 1. The molecule has 1 aromatic rings. The molecule has 0 amide bonds. The molecule has 1 fully saturated rings. The van der Waals surface area contributed by atoms with E-state index in [1.807, 2.05) is 38.1 Å².